The van der Waals surface area contributed by atoms with Crippen LogP contribution in [0.15, 0.2) is 108 Å². The molecule has 0 saturated carbocycles. The molecule has 8 nitrogen and oxygen atoms in total. The summed E-state index contributed by atoms with van der Waals surface area (Å²) in [6, 6.07) is 19.7. The summed E-state index contributed by atoms with van der Waals surface area (Å²) < 4.78 is 8.22. The van der Waals surface area contributed by atoms with E-state index in [0.717, 1.165) is 39.8 Å². The number of allylic oxidation sites excluding steroid dienone is 1. The van der Waals surface area contributed by atoms with Crippen molar-refractivity contribution in [2.75, 3.05) is 6.61 Å². The van der Waals surface area contributed by atoms with Gasteiger partial charge in [-0.2, -0.15) is 15.1 Å². The van der Waals surface area contributed by atoms with E-state index in [0.29, 0.717) is 23.4 Å². The molecule has 6 rings (SSSR count). The molecule has 39 heavy (non-hydrogen) atoms. The lowest BCUT2D eigenvalue weighted by Crippen LogP contribution is -2.35. The average molecular weight is 533 g/mol. The van der Waals surface area contributed by atoms with Gasteiger partial charge in [0.25, 0.3) is 5.91 Å². The van der Waals surface area contributed by atoms with Gasteiger partial charge in [-0.1, -0.05) is 42.5 Å². The Labute approximate surface area is 229 Å². The molecule has 192 valence electrons. The fourth-order valence-electron chi connectivity index (χ4n) is 4.55. The first-order chi connectivity index (χ1) is 19.1. The molecule has 2 aliphatic heterocycles. The van der Waals surface area contributed by atoms with Gasteiger partial charge >= 0.3 is 0 Å². The van der Waals surface area contributed by atoms with Crippen LogP contribution < -0.4 is 4.74 Å². The quantitative estimate of drug-likeness (QED) is 0.238. The fourth-order valence-corrected chi connectivity index (χ4v) is 5.43. The van der Waals surface area contributed by atoms with Crippen LogP contribution in [0.25, 0.3) is 17.0 Å². The number of carbonyl (C=O) groups excluding carboxylic acids is 1. The van der Waals surface area contributed by atoms with E-state index in [1.807, 2.05) is 72.9 Å². The highest BCUT2D eigenvalue weighted by molar-refractivity contribution is 8.27. The number of amidine groups is 2. The number of rotatable bonds is 8. The molecule has 9 heteroatoms. The van der Waals surface area contributed by atoms with Gasteiger partial charge in [-0.05, 0) is 54.1 Å². The van der Waals surface area contributed by atoms with Gasteiger partial charge in [0, 0.05) is 40.6 Å². The topological polar surface area (TPSA) is 95.9 Å². The van der Waals surface area contributed by atoms with E-state index < -0.39 is 5.91 Å². The number of hydrazone groups is 1. The van der Waals surface area contributed by atoms with Gasteiger partial charge in [-0.3, -0.25) is 15.2 Å². The summed E-state index contributed by atoms with van der Waals surface area (Å²) in [5, 5.41) is 16.7. The molecule has 1 N–H and O–H groups in total. The van der Waals surface area contributed by atoms with Crippen LogP contribution in [0.3, 0.4) is 0 Å². The number of carbonyl (C=O) groups is 1. The first-order valence-electron chi connectivity index (χ1n) is 12.4. The van der Waals surface area contributed by atoms with Crippen molar-refractivity contribution in [2.24, 2.45) is 10.1 Å². The maximum atomic E-state index is 13.0. The van der Waals surface area contributed by atoms with E-state index in [1.165, 1.54) is 16.8 Å². The van der Waals surface area contributed by atoms with E-state index >= 15 is 0 Å². The Morgan fingerprint density at radius 2 is 1.92 bits per heavy atom. The number of nitrogens with one attached hydrogen (secondary N) is 1. The van der Waals surface area contributed by atoms with Gasteiger partial charge in [0.05, 0.1) is 12.1 Å². The summed E-state index contributed by atoms with van der Waals surface area (Å²) in [7, 11) is 0. The zero-order valence-corrected chi connectivity index (χ0v) is 21.8. The lowest BCUT2D eigenvalue weighted by molar-refractivity contribution is -0.114. The normalized spacial score (nSPS) is 15.9. The van der Waals surface area contributed by atoms with Gasteiger partial charge < -0.3 is 9.30 Å². The maximum absolute atomic E-state index is 13.0. The van der Waals surface area contributed by atoms with E-state index in [-0.39, 0.29) is 11.4 Å². The second-order valence-corrected chi connectivity index (χ2v) is 9.87. The minimum atomic E-state index is -0.458. The number of aliphatic imine (C=N–C) groups is 1. The number of aromatic nitrogens is 2. The van der Waals surface area contributed by atoms with Gasteiger partial charge in [0.1, 0.15) is 17.4 Å². The van der Waals surface area contributed by atoms with Crippen molar-refractivity contribution in [1.82, 2.24) is 14.6 Å². The number of hydrogen-bond donors (Lipinski definition) is 1. The van der Waals surface area contributed by atoms with E-state index in [4.69, 9.17) is 10.1 Å². The number of nitrogens with zero attached hydrogens (tertiary/aromatic N) is 5. The van der Waals surface area contributed by atoms with Gasteiger partial charge in [-0.25, -0.2) is 0 Å². The summed E-state index contributed by atoms with van der Waals surface area (Å²) in [5.74, 6) is 0.386. The Balaban J connectivity index is 1.27. The predicted molar refractivity (Wildman–Crippen MR) is 156 cm³/mol. The van der Waals surface area contributed by atoms with Crippen molar-refractivity contribution in [1.29, 1.82) is 5.41 Å². The second kappa shape index (κ2) is 10.5. The van der Waals surface area contributed by atoms with Crippen molar-refractivity contribution in [2.45, 2.75) is 13.0 Å². The molecule has 0 aliphatic carbocycles. The van der Waals surface area contributed by atoms with Gasteiger partial charge in [0.15, 0.2) is 5.84 Å². The van der Waals surface area contributed by atoms with E-state index in [9.17, 15) is 4.79 Å². The molecule has 2 aromatic heterocycles. The number of fused-ring (bicyclic) bond motifs is 2. The fraction of sp³-hybridized carbons (Fsp3) is 0.100. The van der Waals surface area contributed by atoms with E-state index in [2.05, 4.69) is 26.2 Å². The van der Waals surface area contributed by atoms with Crippen molar-refractivity contribution >= 4 is 50.7 Å². The molecule has 0 saturated heterocycles. The molecule has 0 spiro atoms. The zero-order chi connectivity index (χ0) is 26.8. The number of ether oxygens (including phenoxy) is 1. The van der Waals surface area contributed by atoms with Crippen LogP contribution in [-0.4, -0.2) is 43.1 Å². The highest BCUT2D eigenvalue weighted by Gasteiger charge is 2.36. The Morgan fingerprint density at radius 1 is 1.08 bits per heavy atom. The third kappa shape index (κ3) is 4.80. The summed E-state index contributed by atoms with van der Waals surface area (Å²) >= 11 is 1.25. The molecule has 0 fully saturated rings. The van der Waals surface area contributed by atoms with Crippen LogP contribution in [0.5, 0.6) is 5.75 Å². The first kappa shape index (κ1) is 24.6. The van der Waals surface area contributed by atoms with Crippen LogP contribution in [0.1, 0.15) is 16.7 Å². The highest BCUT2D eigenvalue weighted by atomic mass is 32.2. The van der Waals surface area contributed by atoms with E-state index in [1.54, 1.807) is 18.5 Å². The smallest absolute Gasteiger partial charge is 0.283 e. The molecule has 0 radical (unpaired) electrons. The number of para-hydroxylation sites is 2. The van der Waals surface area contributed by atoms with Crippen LogP contribution in [0.2, 0.25) is 0 Å². The lowest BCUT2D eigenvalue weighted by Gasteiger charge is -2.20. The summed E-state index contributed by atoms with van der Waals surface area (Å²) in [5.41, 5.74) is 3.93. The highest BCUT2D eigenvalue weighted by Crippen LogP contribution is 2.32. The number of pyridine rings is 1. The molecule has 2 aliphatic rings. The molecule has 1 amide bonds. The zero-order valence-electron chi connectivity index (χ0n) is 20.9. The van der Waals surface area contributed by atoms with Crippen molar-refractivity contribution in [3.05, 3.63) is 114 Å². The third-order valence-electron chi connectivity index (χ3n) is 6.41. The van der Waals surface area contributed by atoms with Crippen molar-refractivity contribution in [3.63, 3.8) is 0 Å². The van der Waals surface area contributed by atoms with Crippen LogP contribution in [-0.2, 0) is 17.8 Å². The van der Waals surface area contributed by atoms with Crippen molar-refractivity contribution in [3.8, 4) is 5.75 Å². The largest absolute Gasteiger partial charge is 0.491 e. The Kier molecular flexibility index (Phi) is 6.64. The number of hydrogen-bond acceptors (Lipinski definition) is 6. The maximum Gasteiger partial charge on any atom is 0.283 e. The third-order valence-corrected chi connectivity index (χ3v) is 7.37. The Morgan fingerprint density at radius 3 is 2.77 bits per heavy atom. The summed E-state index contributed by atoms with van der Waals surface area (Å²) in [6.45, 7) is 4.92. The van der Waals surface area contributed by atoms with Crippen LogP contribution >= 0.6 is 11.8 Å². The molecular weight excluding hydrogens is 508 g/mol. The SMILES string of the molecule is C=CCc1ccccc1OCCn1cc(C=C2C(=N)N3N=C(c4cccnc4)SC3=NC2=O)c2ccccc21. The Bertz CT molecular complexity index is 1700. The first-order valence-corrected chi connectivity index (χ1v) is 13.2. The molecular formula is C30H24N6O2S. The molecule has 4 aromatic rings. The number of thioether (sulfide) groups is 1. The standard InChI is InChI=1S/C30H24N6O2S/c1-2-8-20-9-3-6-13-26(20)38-16-15-35-19-22(23-11-4-5-12-25(23)35)17-24-27(31)36-30(33-28(24)37)39-29(34-36)21-10-7-14-32-18-21/h2-7,9-14,17-19,31H,1,8,15-16H2. The minimum absolute atomic E-state index is 0.00428. The second-order valence-electron chi connectivity index (χ2n) is 8.91. The Hall–Kier alpha value is -4.76. The van der Waals surface area contributed by atoms with Gasteiger partial charge in [0.2, 0.25) is 5.17 Å². The molecule has 0 unspecified atom stereocenters. The minimum Gasteiger partial charge on any atom is -0.491 e. The summed E-state index contributed by atoms with van der Waals surface area (Å²) in [4.78, 5) is 21.4. The van der Waals surface area contributed by atoms with Crippen molar-refractivity contribution < 1.29 is 9.53 Å². The monoisotopic (exact) mass is 532 g/mol. The molecule has 0 atom stereocenters. The molecule has 2 aromatic carbocycles. The average Bonchev–Trinajstić information content (AvgIpc) is 3.54. The number of benzene rings is 2. The lowest BCUT2D eigenvalue weighted by atomic mass is 10.1. The number of amides is 1. The molecule has 4 heterocycles. The van der Waals surface area contributed by atoms with Gasteiger partial charge in [-0.15, -0.1) is 6.58 Å². The predicted octanol–water partition coefficient (Wildman–Crippen LogP) is 5.51. The molecule has 0 bridgehead atoms. The van der Waals surface area contributed by atoms with Crippen LogP contribution in [0.4, 0.5) is 0 Å². The summed E-state index contributed by atoms with van der Waals surface area (Å²) in [6.07, 6.45) is 9.71. The van der Waals surface area contributed by atoms with Crippen LogP contribution in [0, 0.1) is 5.41 Å².